The van der Waals surface area contributed by atoms with Crippen LogP contribution in [0.25, 0.3) is 27.8 Å². The minimum Gasteiger partial charge on any atom is -0.492 e. The van der Waals surface area contributed by atoms with Crippen molar-refractivity contribution in [1.29, 1.82) is 0 Å². The summed E-state index contributed by atoms with van der Waals surface area (Å²) >= 11 is 0. The lowest BCUT2D eigenvalue weighted by Crippen LogP contribution is -2.38. The number of furan rings is 1. The molecule has 0 unspecified atom stereocenters. The third kappa shape index (κ3) is 3.90. The fourth-order valence-corrected chi connectivity index (χ4v) is 3.66. The molecule has 0 spiro atoms. The van der Waals surface area contributed by atoms with E-state index in [-0.39, 0.29) is 0 Å². The molecule has 0 atom stereocenters. The first kappa shape index (κ1) is 18.0. The lowest BCUT2D eigenvalue weighted by molar-refractivity contribution is 0.0322. The maximum Gasteiger partial charge on any atom is 0.119 e. The molecule has 0 amide bonds. The van der Waals surface area contributed by atoms with Crippen LogP contribution in [0.15, 0.2) is 71.8 Å². The van der Waals surface area contributed by atoms with Crippen LogP contribution in [0.5, 0.6) is 5.75 Å². The highest BCUT2D eigenvalue weighted by Gasteiger charge is 2.11. The minimum absolute atomic E-state index is 0.690. The Balaban J connectivity index is 1.26. The Hall–Kier alpha value is -3.09. The Kier molecular flexibility index (Phi) is 5.02. The van der Waals surface area contributed by atoms with Crippen molar-refractivity contribution in [2.45, 2.75) is 0 Å². The number of morpholine rings is 1. The van der Waals surface area contributed by atoms with E-state index in [2.05, 4.69) is 34.3 Å². The van der Waals surface area contributed by atoms with Gasteiger partial charge >= 0.3 is 0 Å². The number of hydrogen-bond donors (Lipinski definition) is 0. The van der Waals surface area contributed by atoms with E-state index < -0.39 is 0 Å². The van der Waals surface area contributed by atoms with Crippen LogP contribution in [0.1, 0.15) is 0 Å². The average Bonchev–Trinajstić information content (AvgIpc) is 3.44. The number of ether oxygens (including phenoxy) is 2. The molecule has 0 aliphatic carbocycles. The van der Waals surface area contributed by atoms with Crippen LogP contribution in [0, 0.1) is 0 Å². The first-order valence-corrected chi connectivity index (χ1v) is 9.90. The van der Waals surface area contributed by atoms with Gasteiger partial charge < -0.3 is 13.9 Å². The van der Waals surface area contributed by atoms with Gasteiger partial charge in [-0.1, -0.05) is 18.2 Å². The van der Waals surface area contributed by atoms with Crippen molar-refractivity contribution in [2.75, 3.05) is 39.5 Å². The Bertz CT molecular complexity index is 1060. The van der Waals surface area contributed by atoms with Gasteiger partial charge in [0.1, 0.15) is 12.4 Å². The number of rotatable bonds is 6. The molecular formula is C23H23N3O3. The molecule has 4 aromatic rings. The van der Waals surface area contributed by atoms with Crippen LogP contribution >= 0.6 is 0 Å². The van der Waals surface area contributed by atoms with Crippen molar-refractivity contribution in [3.63, 3.8) is 0 Å². The molecule has 0 saturated carbocycles. The molecular weight excluding hydrogens is 366 g/mol. The Morgan fingerprint density at radius 3 is 2.55 bits per heavy atom. The molecule has 29 heavy (non-hydrogen) atoms. The quantitative estimate of drug-likeness (QED) is 0.499. The smallest absolute Gasteiger partial charge is 0.119 e. The summed E-state index contributed by atoms with van der Waals surface area (Å²) < 4.78 is 18.4. The molecule has 5 rings (SSSR count). The standard InChI is InChI=1S/C23H23N3O3/c1-4-21(29-14-10-25-8-12-27-13-9-25)5-2-18(1)19-3-6-23-22(15-24-26(23)16-19)20-7-11-28-17-20/h1-7,11,15-17H,8-10,12-14H2. The largest absolute Gasteiger partial charge is 0.492 e. The second kappa shape index (κ2) is 8.11. The topological polar surface area (TPSA) is 52.1 Å². The van der Waals surface area contributed by atoms with Gasteiger partial charge in [-0.15, -0.1) is 0 Å². The molecule has 0 N–H and O–H groups in total. The highest BCUT2D eigenvalue weighted by Crippen LogP contribution is 2.28. The molecule has 6 nitrogen and oxygen atoms in total. The average molecular weight is 389 g/mol. The number of aromatic nitrogens is 2. The zero-order chi connectivity index (χ0) is 19.5. The summed E-state index contributed by atoms with van der Waals surface area (Å²) in [6.07, 6.45) is 7.34. The second-order valence-corrected chi connectivity index (χ2v) is 7.14. The molecule has 6 heteroatoms. The normalized spacial score (nSPS) is 15.0. The maximum atomic E-state index is 5.91. The SMILES string of the molecule is c1cc(-c2cnn3cc(-c4ccc(OCCN5CCOCC5)cc4)ccc23)co1. The summed E-state index contributed by atoms with van der Waals surface area (Å²) in [5.41, 5.74) is 5.39. The Labute approximate surface area is 169 Å². The summed E-state index contributed by atoms with van der Waals surface area (Å²) in [6.45, 7) is 5.23. The van der Waals surface area contributed by atoms with Crippen LogP contribution < -0.4 is 4.74 Å². The van der Waals surface area contributed by atoms with Gasteiger partial charge in [-0.2, -0.15) is 5.10 Å². The molecule has 3 aromatic heterocycles. The Morgan fingerprint density at radius 2 is 1.76 bits per heavy atom. The van der Waals surface area contributed by atoms with Crippen molar-refractivity contribution in [1.82, 2.24) is 14.5 Å². The third-order valence-electron chi connectivity index (χ3n) is 5.32. The van der Waals surface area contributed by atoms with Gasteiger partial charge in [-0.25, -0.2) is 4.52 Å². The molecule has 1 aliphatic rings. The van der Waals surface area contributed by atoms with Gasteiger partial charge in [0.25, 0.3) is 0 Å². The summed E-state index contributed by atoms with van der Waals surface area (Å²) in [6, 6.07) is 14.4. The fraction of sp³-hybridized carbons (Fsp3) is 0.261. The molecule has 1 saturated heterocycles. The Morgan fingerprint density at radius 1 is 0.931 bits per heavy atom. The summed E-state index contributed by atoms with van der Waals surface area (Å²) in [5, 5.41) is 4.50. The predicted molar refractivity (Wildman–Crippen MR) is 111 cm³/mol. The van der Waals surface area contributed by atoms with E-state index >= 15 is 0 Å². The van der Waals surface area contributed by atoms with Gasteiger partial charge in [-0.05, 0) is 29.8 Å². The summed E-state index contributed by atoms with van der Waals surface area (Å²) in [7, 11) is 0. The molecule has 4 heterocycles. The second-order valence-electron chi connectivity index (χ2n) is 7.14. The lowest BCUT2D eigenvalue weighted by atomic mass is 10.1. The summed E-state index contributed by atoms with van der Waals surface area (Å²) in [5.74, 6) is 0.893. The monoisotopic (exact) mass is 389 g/mol. The van der Waals surface area contributed by atoms with Gasteiger partial charge in [0.2, 0.25) is 0 Å². The van der Waals surface area contributed by atoms with E-state index in [9.17, 15) is 0 Å². The van der Waals surface area contributed by atoms with E-state index in [0.29, 0.717) is 6.61 Å². The lowest BCUT2D eigenvalue weighted by Gasteiger charge is -2.26. The molecule has 1 fully saturated rings. The van der Waals surface area contributed by atoms with Crippen LogP contribution in [0.4, 0.5) is 0 Å². The maximum absolute atomic E-state index is 5.91. The number of pyridine rings is 1. The number of hydrogen-bond acceptors (Lipinski definition) is 5. The van der Waals surface area contributed by atoms with Crippen LogP contribution in [0.2, 0.25) is 0 Å². The van der Waals surface area contributed by atoms with Crippen molar-refractivity contribution >= 4 is 5.52 Å². The van der Waals surface area contributed by atoms with E-state index in [0.717, 1.165) is 66.4 Å². The predicted octanol–water partition coefficient (Wildman–Crippen LogP) is 3.97. The molecule has 0 bridgehead atoms. The first-order chi connectivity index (χ1) is 14.4. The zero-order valence-corrected chi connectivity index (χ0v) is 16.2. The number of nitrogens with zero attached hydrogens (tertiary/aromatic N) is 3. The van der Waals surface area contributed by atoms with Crippen LogP contribution in [-0.2, 0) is 4.74 Å². The van der Waals surface area contributed by atoms with E-state index in [1.807, 2.05) is 35.1 Å². The molecule has 148 valence electrons. The fourth-order valence-electron chi connectivity index (χ4n) is 3.66. The van der Waals surface area contributed by atoms with Gasteiger partial charge in [0.15, 0.2) is 0 Å². The number of benzene rings is 1. The molecule has 1 aromatic carbocycles. The van der Waals surface area contributed by atoms with Gasteiger partial charge in [0.05, 0.1) is 37.5 Å². The van der Waals surface area contributed by atoms with Crippen molar-refractivity contribution in [3.8, 4) is 28.0 Å². The first-order valence-electron chi connectivity index (χ1n) is 9.90. The van der Waals surface area contributed by atoms with Gasteiger partial charge in [-0.3, -0.25) is 4.90 Å². The van der Waals surface area contributed by atoms with Crippen molar-refractivity contribution in [2.24, 2.45) is 0 Å². The van der Waals surface area contributed by atoms with Crippen molar-refractivity contribution in [3.05, 3.63) is 67.4 Å². The minimum atomic E-state index is 0.690. The molecule has 0 radical (unpaired) electrons. The van der Waals surface area contributed by atoms with Crippen LogP contribution in [-0.4, -0.2) is 54.0 Å². The van der Waals surface area contributed by atoms with E-state index in [4.69, 9.17) is 13.9 Å². The molecule has 1 aliphatic heterocycles. The van der Waals surface area contributed by atoms with Crippen LogP contribution in [0.3, 0.4) is 0 Å². The van der Waals surface area contributed by atoms with Crippen molar-refractivity contribution < 1.29 is 13.9 Å². The third-order valence-corrected chi connectivity index (χ3v) is 5.32. The van der Waals surface area contributed by atoms with Gasteiger partial charge in [0, 0.05) is 42.5 Å². The highest BCUT2D eigenvalue weighted by molar-refractivity contribution is 5.80. The highest BCUT2D eigenvalue weighted by atomic mass is 16.5. The zero-order valence-electron chi connectivity index (χ0n) is 16.2. The summed E-state index contributed by atoms with van der Waals surface area (Å²) in [4.78, 5) is 2.37. The van der Waals surface area contributed by atoms with E-state index in [1.54, 1.807) is 12.5 Å². The number of fused-ring (bicyclic) bond motifs is 1. The van der Waals surface area contributed by atoms with E-state index in [1.165, 1.54) is 0 Å².